The summed E-state index contributed by atoms with van der Waals surface area (Å²) in [5.41, 5.74) is -2.02. The zero-order chi connectivity index (χ0) is 13.9. The standard InChI is InChI=1S/C11H9ClF4O2/c1-2-18-8(17)5-6-3-4-7(12)10(13)9(6)11(14,15)16/h3-4H,2,5H2,1H3. The number of hydrogen-bond donors (Lipinski definition) is 0. The number of benzene rings is 1. The first-order valence-corrected chi connectivity index (χ1v) is 5.34. The van der Waals surface area contributed by atoms with Gasteiger partial charge in [0.1, 0.15) is 0 Å². The van der Waals surface area contributed by atoms with Crippen molar-refractivity contribution in [3.63, 3.8) is 0 Å². The fourth-order valence-electron chi connectivity index (χ4n) is 1.41. The zero-order valence-corrected chi connectivity index (χ0v) is 10.0. The first-order valence-electron chi connectivity index (χ1n) is 4.97. The summed E-state index contributed by atoms with van der Waals surface area (Å²) >= 11 is 5.30. The summed E-state index contributed by atoms with van der Waals surface area (Å²) < 4.78 is 55.9. The molecule has 0 N–H and O–H groups in total. The molecule has 0 radical (unpaired) electrons. The minimum atomic E-state index is -4.92. The maximum atomic E-state index is 13.4. The van der Waals surface area contributed by atoms with Gasteiger partial charge in [0, 0.05) is 0 Å². The van der Waals surface area contributed by atoms with Crippen LogP contribution in [0.1, 0.15) is 18.1 Å². The van der Waals surface area contributed by atoms with Gasteiger partial charge < -0.3 is 4.74 Å². The van der Waals surface area contributed by atoms with E-state index in [2.05, 4.69) is 4.74 Å². The summed E-state index contributed by atoms with van der Waals surface area (Å²) in [5, 5.41) is -0.644. The van der Waals surface area contributed by atoms with E-state index in [0.29, 0.717) is 0 Å². The minimum absolute atomic E-state index is 0.0380. The van der Waals surface area contributed by atoms with E-state index in [4.69, 9.17) is 11.6 Å². The van der Waals surface area contributed by atoms with Gasteiger partial charge in [-0.15, -0.1) is 0 Å². The second-order valence-corrected chi connectivity index (χ2v) is 3.78. The van der Waals surface area contributed by atoms with Crippen molar-refractivity contribution in [2.75, 3.05) is 6.61 Å². The van der Waals surface area contributed by atoms with E-state index in [1.54, 1.807) is 0 Å². The Balaban J connectivity index is 3.20. The Kier molecular flexibility index (Phi) is 4.56. The SMILES string of the molecule is CCOC(=O)Cc1ccc(Cl)c(F)c1C(F)(F)F. The summed E-state index contributed by atoms with van der Waals surface area (Å²) in [6.45, 7) is 1.56. The summed E-state index contributed by atoms with van der Waals surface area (Å²) in [4.78, 5) is 11.1. The lowest BCUT2D eigenvalue weighted by atomic mass is 10.0. The number of rotatable bonds is 3. The predicted molar refractivity (Wildman–Crippen MR) is 56.7 cm³/mol. The smallest absolute Gasteiger partial charge is 0.419 e. The molecule has 1 aromatic carbocycles. The molecule has 0 spiro atoms. The Morgan fingerprint density at radius 3 is 2.50 bits per heavy atom. The van der Waals surface area contributed by atoms with E-state index in [1.165, 1.54) is 6.92 Å². The van der Waals surface area contributed by atoms with E-state index in [9.17, 15) is 22.4 Å². The van der Waals surface area contributed by atoms with Crippen LogP contribution in [0.5, 0.6) is 0 Å². The van der Waals surface area contributed by atoms with Crippen LogP contribution in [0.2, 0.25) is 5.02 Å². The van der Waals surface area contributed by atoms with Crippen molar-refractivity contribution in [3.05, 3.63) is 34.1 Å². The number of ether oxygens (including phenoxy) is 1. The maximum Gasteiger partial charge on any atom is 0.419 e. The molecule has 0 saturated heterocycles. The van der Waals surface area contributed by atoms with Crippen LogP contribution in [0.4, 0.5) is 17.6 Å². The lowest BCUT2D eigenvalue weighted by molar-refractivity contribution is -0.144. The van der Waals surface area contributed by atoms with E-state index in [1.807, 2.05) is 0 Å². The highest BCUT2D eigenvalue weighted by Crippen LogP contribution is 2.36. The van der Waals surface area contributed by atoms with Gasteiger partial charge in [-0.25, -0.2) is 4.39 Å². The van der Waals surface area contributed by atoms with Crippen molar-refractivity contribution in [2.45, 2.75) is 19.5 Å². The highest BCUT2D eigenvalue weighted by Gasteiger charge is 2.38. The Hall–Kier alpha value is -1.30. The van der Waals surface area contributed by atoms with Crippen molar-refractivity contribution in [2.24, 2.45) is 0 Å². The van der Waals surface area contributed by atoms with Gasteiger partial charge in [0.25, 0.3) is 0 Å². The van der Waals surface area contributed by atoms with Gasteiger partial charge in [-0.3, -0.25) is 4.79 Å². The molecule has 0 aromatic heterocycles. The Morgan fingerprint density at radius 1 is 1.39 bits per heavy atom. The highest BCUT2D eigenvalue weighted by atomic mass is 35.5. The second kappa shape index (κ2) is 5.56. The highest BCUT2D eigenvalue weighted by molar-refractivity contribution is 6.30. The Morgan fingerprint density at radius 2 is 2.00 bits per heavy atom. The fraction of sp³-hybridized carbons (Fsp3) is 0.364. The van der Waals surface area contributed by atoms with Crippen LogP contribution in [0.15, 0.2) is 12.1 Å². The molecule has 0 bridgehead atoms. The van der Waals surface area contributed by atoms with Gasteiger partial charge in [-0.2, -0.15) is 13.2 Å². The summed E-state index contributed by atoms with van der Waals surface area (Å²) in [5.74, 6) is -2.43. The summed E-state index contributed by atoms with van der Waals surface area (Å²) in [6, 6.07) is 1.94. The molecule has 0 saturated carbocycles. The van der Waals surface area contributed by atoms with E-state index in [0.717, 1.165) is 12.1 Å². The quantitative estimate of drug-likeness (QED) is 0.626. The van der Waals surface area contributed by atoms with Crippen molar-refractivity contribution in [1.29, 1.82) is 0 Å². The van der Waals surface area contributed by atoms with Crippen LogP contribution >= 0.6 is 11.6 Å². The second-order valence-electron chi connectivity index (χ2n) is 3.38. The number of esters is 1. The lowest BCUT2D eigenvalue weighted by Crippen LogP contribution is -2.16. The van der Waals surface area contributed by atoms with Crippen molar-refractivity contribution < 1.29 is 27.1 Å². The zero-order valence-electron chi connectivity index (χ0n) is 9.28. The van der Waals surface area contributed by atoms with Gasteiger partial charge in [0.2, 0.25) is 0 Å². The summed E-state index contributed by atoms with van der Waals surface area (Å²) in [7, 11) is 0. The Labute approximate surface area is 105 Å². The molecule has 0 fully saturated rings. The van der Waals surface area contributed by atoms with Crippen LogP contribution in [0, 0.1) is 5.82 Å². The summed E-state index contributed by atoms with van der Waals surface area (Å²) in [6.07, 6.45) is -5.58. The third-order valence-corrected chi connectivity index (χ3v) is 2.40. The monoisotopic (exact) mass is 284 g/mol. The number of carbonyl (C=O) groups excluding carboxylic acids is 1. The molecule has 18 heavy (non-hydrogen) atoms. The van der Waals surface area contributed by atoms with Crippen LogP contribution < -0.4 is 0 Å². The van der Waals surface area contributed by atoms with E-state index < -0.39 is 40.5 Å². The molecule has 0 aliphatic rings. The molecule has 0 amide bonds. The minimum Gasteiger partial charge on any atom is -0.466 e. The van der Waals surface area contributed by atoms with Crippen LogP contribution in [-0.4, -0.2) is 12.6 Å². The first kappa shape index (κ1) is 14.8. The maximum absolute atomic E-state index is 13.4. The predicted octanol–water partition coefficient (Wildman–Crippen LogP) is 3.60. The molecule has 0 aliphatic carbocycles. The van der Waals surface area contributed by atoms with Crippen LogP contribution in [0.25, 0.3) is 0 Å². The van der Waals surface area contributed by atoms with Crippen LogP contribution in [0.3, 0.4) is 0 Å². The largest absolute Gasteiger partial charge is 0.466 e. The lowest BCUT2D eigenvalue weighted by Gasteiger charge is -2.14. The topological polar surface area (TPSA) is 26.3 Å². The molecule has 0 aliphatic heterocycles. The third-order valence-electron chi connectivity index (χ3n) is 2.10. The van der Waals surface area contributed by atoms with Gasteiger partial charge in [-0.1, -0.05) is 17.7 Å². The van der Waals surface area contributed by atoms with Gasteiger partial charge in [0.15, 0.2) is 5.82 Å². The molecule has 7 heteroatoms. The van der Waals surface area contributed by atoms with E-state index >= 15 is 0 Å². The molecular weight excluding hydrogens is 276 g/mol. The molecule has 0 atom stereocenters. The first-order chi connectivity index (χ1) is 8.27. The molecule has 100 valence electrons. The van der Waals surface area contributed by atoms with Crippen molar-refractivity contribution in [3.8, 4) is 0 Å². The van der Waals surface area contributed by atoms with Crippen molar-refractivity contribution >= 4 is 17.6 Å². The molecule has 2 nitrogen and oxygen atoms in total. The molecule has 1 aromatic rings. The van der Waals surface area contributed by atoms with Gasteiger partial charge in [0.05, 0.1) is 23.6 Å². The third kappa shape index (κ3) is 3.35. The van der Waals surface area contributed by atoms with Gasteiger partial charge in [-0.05, 0) is 18.6 Å². The average molecular weight is 285 g/mol. The number of carbonyl (C=O) groups is 1. The Bertz CT molecular complexity index is 457. The molecule has 0 heterocycles. The molecule has 0 unspecified atom stereocenters. The van der Waals surface area contributed by atoms with Crippen LogP contribution in [-0.2, 0) is 22.1 Å². The fourth-order valence-corrected chi connectivity index (χ4v) is 1.57. The average Bonchev–Trinajstić information content (AvgIpc) is 2.22. The molecule has 1 rings (SSSR count). The van der Waals surface area contributed by atoms with Gasteiger partial charge >= 0.3 is 12.1 Å². The van der Waals surface area contributed by atoms with Crippen molar-refractivity contribution in [1.82, 2.24) is 0 Å². The number of alkyl halides is 3. The molecular formula is C11H9ClF4O2. The number of halogens is 5. The number of hydrogen-bond acceptors (Lipinski definition) is 2. The normalized spacial score (nSPS) is 11.4. The van der Waals surface area contributed by atoms with E-state index in [-0.39, 0.29) is 6.61 Å².